The standard InChI is InChI=1S/C17H31NO2/c1-13-10-15(12-19-13)16(18-2)14-6-9-20-17(11-14)7-4-3-5-8-17/h13-16,18H,3-12H2,1-2H3. The molecule has 3 aliphatic rings. The summed E-state index contributed by atoms with van der Waals surface area (Å²) in [4.78, 5) is 0. The Morgan fingerprint density at radius 3 is 2.60 bits per heavy atom. The first-order valence-corrected chi connectivity index (χ1v) is 8.65. The van der Waals surface area contributed by atoms with Crippen molar-refractivity contribution in [1.29, 1.82) is 0 Å². The van der Waals surface area contributed by atoms with Crippen LogP contribution >= 0.6 is 0 Å². The van der Waals surface area contributed by atoms with Gasteiger partial charge in [0.1, 0.15) is 0 Å². The minimum Gasteiger partial charge on any atom is -0.378 e. The predicted octanol–water partition coefficient (Wildman–Crippen LogP) is 3.13. The highest BCUT2D eigenvalue weighted by atomic mass is 16.5. The van der Waals surface area contributed by atoms with Crippen LogP contribution < -0.4 is 5.32 Å². The highest BCUT2D eigenvalue weighted by molar-refractivity contribution is 4.95. The van der Waals surface area contributed by atoms with Gasteiger partial charge >= 0.3 is 0 Å². The predicted molar refractivity (Wildman–Crippen MR) is 80.9 cm³/mol. The van der Waals surface area contributed by atoms with Crippen molar-refractivity contribution in [3.63, 3.8) is 0 Å². The second kappa shape index (κ2) is 6.33. The van der Waals surface area contributed by atoms with Crippen LogP contribution in [-0.2, 0) is 9.47 Å². The first kappa shape index (κ1) is 14.8. The summed E-state index contributed by atoms with van der Waals surface area (Å²) in [6, 6.07) is 0.614. The first-order valence-electron chi connectivity index (χ1n) is 8.65. The van der Waals surface area contributed by atoms with Gasteiger partial charge in [0.05, 0.1) is 18.3 Å². The Balaban J connectivity index is 1.65. The Labute approximate surface area is 123 Å². The second-order valence-corrected chi connectivity index (χ2v) is 7.30. The Morgan fingerprint density at radius 2 is 1.95 bits per heavy atom. The third kappa shape index (κ3) is 3.05. The zero-order valence-electron chi connectivity index (χ0n) is 13.2. The van der Waals surface area contributed by atoms with Crippen molar-refractivity contribution in [2.24, 2.45) is 11.8 Å². The van der Waals surface area contributed by atoms with E-state index >= 15 is 0 Å². The normalized spacial score (nSPS) is 39.0. The highest BCUT2D eigenvalue weighted by Crippen LogP contribution is 2.43. The van der Waals surface area contributed by atoms with Gasteiger partial charge in [0.15, 0.2) is 0 Å². The Bertz CT molecular complexity index is 309. The van der Waals surface area contributed by atoms with Gasteiger partial charge in [-0.1, -0.05) is 19.3 Å². The molecule has 2 saturated heterocycles. The molecule has 1 aliphatic carbocycles. The molecule has 2 aliphatic heterocycles. The maximum Gasteiger partial charge on any atom is 0.0685 e. The van der Waals surface area contributed by atoms with Crippen LogP contribution in [0, 0.1) is 11.8 Å². The van der Waals surface area contributed by atoms with Crippen molar-refractivity contribution >= 4 is 0 Å². The van der Waals surface area contributed by atoms with Gasteiger partial charge in [-0.3, -0.25) is 0 Å². The molecule has 3 nitrogen and oxygen atoms in total. The molecule has 1 spiro atoms. The number of hydrogen-bond acceptors (Lipinski definition) is 3. The smallest absolute Gasteiger partial charge is 0.0685 e. The number of hydrogen-bond donors (Lipinski definition) is 1. The third-order valence-corrected chi connectivity index (χ3v) is 5.87. The van der Waals surface area contributed by atoms with E-state index in [1.807, 2.05) is 0 Å². The molecule has 0 aromatic heterocycles. The molecular formula is C17H31NO2. The van der Waals surface area contributed by atoms with Gasteiger partial charge in [-0.05, 0) is 52.0 Å². The molecule has 116 valence electrons. The van der Waals surface area contributed by atoms with Gasteiger partial charge in [0.2, 0.25) is 0 Å². The quantitative estimate of drug-likeness (QED) is 0.862. The minimum absolute atomic E-state index is 0.224. The molecule has 3 heteroatoms. The number of rotatable bonds is 3. The van der Waals surface area contributed by atoms with Gasteiger partial charge in [-0.25, -0.2) is 0 Å². The summed E-state index contributed by atoms with van der Waals surface area (Å²) < 4.78 is 12.1. The van der Waals surface area contributed by atoms with Gasteiger partial charge in [-0.15, -0.1) is 0 Å². The largest absolute Gasteiger partial charge is 0.378 e. The zero-order chi connectivity index (χ0) is 14.0. The Hall–Kier alpha value is -0.120. The fourth-order valence-electron chi connectivity index (χ4n) is 4.87. The van der Waals surface area contributed by atoms with Crippen molar-refractivity contribution < 1.29 is 9.47 Å². The highest BCUT2D eigenvalue weighted by Gasteiger charge is 2.43. The van der Waals surface area contributed by atoms with Crippen molar-refractivity contribution in [1.82, 2.24) is 5.32 Å². The SMILES string of the molecule is CNC(C1COC(C)C1)C1CCOC2(CCCCC2)C1. The van der Waals surface area contributed by atoms with E-state index in [-0.39, 0.29) is 5.60 Å². The lowest BCUT2D eigenvalue weighted by Crippen LogP contribution is -2.49. The third-order valence-electron chi connectivity index (χ3n) is 5.87. The summed E-state index contributed by atoms with van der Waals surface area (Å²) in [5.41, 5.74) is 0.224. The van der Waals surface area contributed by atoms with Crippen molar-refractivity contribution in [2.45, 2.75) is 76.0 Å². The van der Waals surface area contributed by atoms with Crippen LogP contribution in [0.3, 0.4) is 0 Å². The lowest BCUT2D eigenvalue weighted by molar-refractivity contribution is -0.124. The molecule has 0 bridgehead atoms. The number of ether oxygens (including phenoxy) is 2. The second-order valence-electron chi connectivity index (χ2n) is 7.30. The average molecular weight is 281 g/mol. The van der Waals surface area contributed by atoms with Gasteiger partial charge in [0, 0.05) is 18.6 Å². The van der Waals surface area contributed by atoms with Gasteiger partial charge in [0.25, 0.3) is 0 Å². The molecule has 20 heavy (non-hydrogen) atoms. The maximum absolute atomic E-state index is 6.26. The van der Waals surface area contributed by atoms with Crippen LogP contribution in [0.4, 0.5) is 0 Å². The van der Waals surface area contributed by atoms with E-state index in [0.29, 0.717) is 18.1 Å². The molecule has 1 N–H and O–H groups in total. The molecule has 0 aromatic rings. The van der Waals surface area contributed by atoms with E-state index in [0.717, 1.165) is 19.1 Å². The lowest BCUT2D eigenvalue weighted by Gasteiger charge is -2.46. The summed E-state index contributed by atoms with van der Waals surface area (Å²) in [5.74, 6) is 1.46. The average Bonchev–Trinajstić information content (AvgIpc) is 2.87. The molecule has 0 radical (unpaired) electrons. The maximum atomic E-state index is 6.26. The van der Waals surface area contributed by atoms with E-state index in [1.165, 1.54) is 51.4 Å². The molecule has 2 heterocycles. The van der Waals surface area contributed by atoms with Crippen LogP contribution in [-0.4, -0.2) is 38.0 Å². The summed E-state index contributed by atoms with van der Waals surface area (Å²) in [6.45, 7) is 4.11. The molecule has 3 rings (SSSR count). The molecule has 1 saturated carbocycles. The number of nitrogens with one attached hydrogen (secondary N) is 1. The van der Waals surface area contributed by atoms with E-state index in [1.54, 1.807) is 0 Å². The van der Waals surface area contributed by atoms with Crippen LogP contribution in [0.15, 0.2) is 0 Å². The van der Waals surface area contributed by atoms with Crippen LogP contribution in [0.25, 0.3) is 0 Å². The van der Waals surface area contributed by atoms with E-state index in [9.17, 15) is 0 Å². The summed E-state index contributed by atoms with van der Waals surface area (Å²) in [6.07, 6.45) is 10.9. The summed E-state index contributed by atoms with van der Waals surface area (Å²) in [5, 5.41) is 3.62. The minimum atomic E-state index is 0.224. The van der Waals surface area contributed by atoms with Crippen LogP contribution in [0.2, 0.25) is 0 Å². The van der Waals surface area contributed by atoms with Crippen molar-refractivity contribution in [3.05, 3.63) is 0 Å². The Morgan fingerprint density at radius 1 is 1.15 bits per heavy atom. The first-order chi connectivity index (χ1) is 9.72. The molecular weight excluding hydrogens is 250 g/mol. The van der Waals surface area contributed by atoms with Crippen molar-refractivity contribution in [3.8, 4) is 0 Å². The summed E-state index contributed by atoms with van der Waals surface area (Å²) in [7, 11) is 2.14. The van der Waals surface area contributed by atoms with Crippen LogP contribution in [0.5, 0.6) is 0 Å². The molecule has 3 fully saturated rings. The fourth-order valence-corrected chi connectivity index (χ4v) is 4.87. The summed E-state index contributed by atoms with van der Waals surface area (Å²) >= 11 is 0. The van der Waals surface area contributed by atoms with Gasteiger partial charge < -0.3 is 14.8 Å². The molecule has 4 unspecified atom stereocenters. The van der Waals surface area contributed by atoms with E-state index in [2.05, 4.69) is 19.3 Å². The zero-order valence-corrected chi connectivity index (χ0v) is 13.2. The molecule has 4 atom stereocenters. The van der Waals surface area contributed by atoms with Gasteiger partial charge in [-0.2, -0.15) is 0 Å². The van der Waals surface area contributed by atoms with E-state index in [4.69, 9.17) is 9.47 Å². The van der Waals surface area contributed by atoms with Crippen molar-refractivity contribution in [2.75, 3.05) is 20.3 Å². The van der Waals surface area contributed by atoms with E-state index < -0.39 is 0 Å². The van der Waals surface area contributed by atoms with Crippen LogP contribution in [0.1, 0.15) is 58.3 Å². The topological polar surface area (TPSA) is 30.5 Å². The fraction of sp³-hybridized carbons (Fsp3) is 1.00. The molecule has 0 aromatic carbocycles. The Kier molecular flexibility index (Phi) is 4.68. The molecule has 0 amide bonds. The monoisotopic (exact) mass is 281 g/mol. The lowest BCUT2D eigenvalue weighted by atomic mass is 9.72.